The molecule has 1 aromatic rings. The van der Waals surface area contributed by atoms with Crippen LogP contribution in [0, 0.1) is 0 Å². The quantitative estimate of drug-likeness (QED) is 0.662. The molecule has 130 valence electrons. The summed E-state index contributed by atoms with van der Waals surface area (Å²) < 4.78 is 24.8. The van der Waals surface area contributed by atoms with E-state index in [4.69, 9.17) is 23.2 Å². The zero-order valence-corrected chi connectivity index (χ0v) is 15.6. The summed E-state index contributed by atoms with van der Waals surface area (Å²) in [6, 6.07) is 4.94. The van der Waals surface area contributed by atoms with Crippen LogP contribution in [0.2, 0.25) is 10.0 Å². The van der Waals surface area contributed by atoms with Crippen molar-refractivity contribution in [3.8, 4) is 0 Å². The van der Waals surface area contributed by atoms with E-state index in [9.17, 15) is 13.2 Å². The van der Waals surface area contributed by atoms with Gasteiger partial charge in [-0.3, -0.25) is 4.79 Å². The molecule has 0 heterocycles. The molecule has 0 saturated carbocycles. The average Bonchev–Trinajstić information content (AvgIpc) is 2.46. The number of anilines is 1. The van der Waals surface area contributed by atoms with E-state index in [0.29, 0.717) is 17.3 Å². The molecule has 0 radical (unpaired) electrons. The first-order valence-corrected chi connectivity index (χ1v) is 10.0. The maximum Gasteiger partial charge on any atom is 0.225 e. The van der Waals surface area contributed by atoms with Crippen molar-refractivity contribution in [2.24, 2.45) is 0 Å². The summed E-state index contributed by atoms with van der Waals surface area (Å²) in [6.07, 6.45) is 3.96. The van der Waals surface area contributed by atoms with Crippen LogP contribution in [-0.4, -0.2) is 38.0 Å². The number of nitrogens with one attached hydrogen (secondary N) is 1. The molecular formula is C15H22Cl2N2O3S. The number of nitrogens with zero attached hydrogens (tertiary/aromatic N) is 1. The average molecular weight is 381 g/mol. The number of hydrogen-bond donors (Lipinski definition) is 1. The maximum atomic E-state index is 12.0. The first kappa shape index (κ1) is 20.2. The summed E-state index contributed by atoms with van der Waals surface area (Å²) in [6.45, 7) is 2.62. The predicted octanol–water partition coefficient (Wildman–Crippen LogP) is 3.77. The molecule has 0 fully saturated rings. The van der Waals surface area contributed by atoms with Crippen molar-refractivity contribution < 1.29 is 13.2 Å². The smallest absolute Gasteiger partial charge is 0.225 e. The van der Waals surface area contributed by atoms with Crippen LogP contribution in [0.15, 0.2) is 18.2 Å². The molecule has 1 amide bonds. The van der Waals surface area contributed by atoms with E-state index in [1.807, 2.05) is 6.92 Å². The zero-order chi connectivity index (χ0) is 17.5. The van der Waals surface area contributed by atoms with Crippen LogP contribution < -0.4 is 5.32 Å². The fourth-order valence-corrected chi connectivity index (χ4v) is 3.25. The molecular weight excluding hydrogens is 359 g/mol. The highest BCUT2D eigenvalue weighted by molar-refractivity contribution is 7.88. The van der Waals surface area contributed by atoms with Crippen molar-refractivity contribution in [1.82, 2.24) is 4.31 Å². The Labute approximate surface area is 148 Å². The summed E-state index contributed by atoms with van der Waals surface area (Å²) in [4.78, 5) is 12.0. The summed E-state index contributed by atoms with van der Waals surface area (Å²) in [5.74, 6) is -0.307. The lowest BCUT2D eigenvalue weighted by Gasteiger charge is -2.19. The fraction of sp³-hybridized carbons (Fsp3) is 0.533. The molecule has 8 heteroatoms. The van der Waals surface area contributed by atoms with E-state index in [0.717, 1.165) is 25.5 Å². The lowest BCUT2D eigenvalue weighted by molar-refractivity contribution is -0.116. The molecule has 0 aromatic heterocycles. The number of carbonyl (C=O) groups excluding carboxylic acids is 1. The molecule has 1 aromatic carbocycles. The van der Waals surface area contributed by atoms with Gasteiger partial charge in [0.05, 0.1) is 22.0 Å². The Morgan fingerprint density at radius 1 is 1.22 bits per heavy atom. The number of carbonyl (C=O) groups is 1. The van der Waals surface area contributed by atoms with Crippen molar-refractivity contribution in [3.05, 3.63) is 28.2 Å². The normalized spacial score (nSPS) is 11.7. The second-order valence-corrected chi connectivity index (χ2v) is 8.04. The Bertz CT molecular complexity index is 636. The van der Waals surface area contributed by atoms with E-state index in [2.05, 4.69) is 5.32 Å². The number of amides is 1. The molecule has 0 aliphatic heterocycles. The SMILES string of the molecule is CCCCCN(CCC(=O)Nc1cccc(Cl)c1Cl)S(C)(=O)=O. The van der Waals surface area contributed by atoms with E-state index in [-0.39, 0.29) is 23.9 Å². The van der Waals surface area contributed by atoms with Gasteiger partial charge in [-0.05, 0) is 18.6 Å². The van der Waals surface area contributed by atoms with Gasteiger partial charge in [-0.1, -0.05) is 49.0 Å². The number of benzene rings is 1. The first-order chi connectivity index (χ1) is 10.8. The molecule has 23 heavy (non-hydrogen) atoms. The third-order valence-electron chi connectivity index (χ3n) is 3.29. The molecule has 0 atom stereocenters. The highest BCUT2D eigenvalue weighted by Gasteiger charge is 2.17. The molecule has 0 aliphatic carbocycles. The topological polar surface area (TPSA) is 66.5 Å². The summed E-state index contributed by atoms with van der Waals surface area (Å²) >= 11 is 11.9. The number of sulfonamides is 1. The Kier molecular flexibility index (Phi) is 8.33. The fourth-order valence-electron chi connectivity index (χ4n) is 2.02. The predicted molar refractivity (Wildman–Crippen MR) is 95.7 cm³/mol. The monoisotopic (exact) mass is 380 g/mol. The van der Waals surface area contributed by atoms with E-state index >= 15 is 0 Å². The van der Waals surface area contributed by atoms with Crippen molar-refractivity contribution in [2.45, 2.75) is 32.6 Å². The van der Waals surface area contributed by atoms with Gasteiger partial charge in [-0.2, -0.15) is 0 Å². The van der Waals surface area contributed by atoms with Crippen LogP contribution in [-0.2, 0) is 14.8 Å². The zero-order valence-electron chi connectivity index (χ0n) is 13.3. The molecule has 0 aliphatic rings. The largest absolute Gasteiger partial charge is 0.325 e. The van der Waals surface area contributed by atoms with Gasteiger partial charge < -0.3 is 5.32 Å². The van der Waals surface area contributed by atoms with Crippen LogP contribution in [0.1, 0.15) is 32.6 Å². The van der Waals surface area contributed by atoms with Crippen LogP contribution in [0.3, 0.4) is 0 Å². The molecule has 1 rings (SSSR count). The number of rotatable bonds is 9. The Morgan fingerprint density at radius 3 is 2.52 bits per heavy atom. The summed E-state index contributed by atoms with van der Waals surface area (Å²) in [5, 5.41) is 3.27. The third kappa shape index (κ3) is 7.08. The van der Waals surface area contributed by atoms with Gasteiger partial charge in [-0.25, -0.2) is 12.7 Å². The lowest BCUT2D eigenvalue weighted by Crippen LogP contribution is -2.33. The third-order valence-corrected chi connectivity index (χ3v) is 5.42. The molecule has 0 saturated heterocycles. The van der Waals surface area contributed by atoms with Gasteiger partial charge in [0.1, 0.15) is 0 Å². The van der Waals surface area contributed by atoms with Crippen LogP contribution >= 0.6 is 23.2 Å². The number of hydrogen-bond acceptors (Lipinski definition) is 3. The Balaban J connectivity index is 2.59. The Hall–Kier alpha value is -0.820. The Morgan fingerprint density at radius 2 is 1.91 bits per heavy atom. The van der Waals surface area contributed by atoms with Crippen molar-refractivity contribution in [2.75, 3.05) is 24.7 Å². The van der Waals surface area contributed by atoms with Gasteiger partial charge in [0.2, 0.25) is 15.9 Å². The van der Waals surface area contributed by atoms with Crippen molar-refractivity contribution in [1.29, 1.82) is 0 Å². The van der Waals surface area contributed by atoms with Crippen LogP contribution in [0.5, 0.6) is 0 Å². The lowest BCUT2D eigenvalue weighted by atomic mass is 10.2. The number of unbranched alkanes of at least 4 members (excludes halogenated alkanes) is 2. The van der Waals surface area contributed by atoms with Gasteiger partial charge in [0, 0.05) is 19.5 Å². The highest BCUT2D eigenvalue weighted by Crippen LogP contribution is 2.29. The second-order valence-electron chi connectivity index (χ2n) is 5.27. The van der Waals surface area contributed by atoms with Crippen molar-refractivity contribution in [3.63, 3.8) is 0 Å². The van der Waals surface area contributed by atoms with E-state index in [1.54, 1.807) is 18.2 Å². The minimum absolute atomic E-state index is 0.0576. The standard InChI is InChI=1S/C15H22Cl2N2O3S/c1-3-4-5-10-19(23(2,21)22)11-9-14(20)18-13-8-6-7-12(16)15(13)17/h6-8H,3-5,9-11H2,1-2H3,(H,18,20). The molecule has 0 bridgehead atoms. The van der Waals surface area contributed by atoms with E-state index < -0.39 is 10.0 Å². The molecule has 0 unspecified atom stereocenters. The van der Waals surface area contributed by atoms with Crippen LogP contribution in [0.25, 0.3) is 0 Å². The number of halogens is 2. The molecule has 5 nitrogen and oxygen atoms in total. The first-order valence-electron chi connectivity index (χ1n) is 7.44. The minimum Gasteiger partial charge on any atom is -0.325 e. The molecule has 0 spiro atoms. The summed E-state index contributed by atoms with van der Waals surface area (Å²) in [5.41, 5.74) is 0.418. The van der Waals surface area contributed by atoms with Crippen molar-refractivity contribution >= 4 is 44.8 Å². The molecule has 1 N–H and O–H groups in total. The van der Waals surface area contributed by atoms with Crippen LogP contribution in [0.4, 0.5) is 5.69 Å². The highest BCUT2D eigenvalue weighted by atomic mass is 35.5. The minimum atomic E-state index is -3.32. The maximum absolute atomic E-state index is 12.0. The van der Waals surface area contributed by atoms with Gasteiger partial charge in [-0.15, -0.1) is 0 Å². The summed E-state index contributed by atoms with van der Waals surface area (Å²) in [7, 11) is -3.32. The van der Waals surface area contributed by atoms with Gasteiger partial charge in [0.25, 0.3) is 0 Å². The van der Waals surface area contributed by atoms with Gasteiger partial charge in [0.15, 0.2) is 0 Å². The second kappa shape index (κ2) is 9.47. The van der Waals surface area contributed by atoms with Gasteiger partial charge >= 0.3 is 0 Å². The van der Waals surface area contributed by atoms with E-state index in [1.165, 1.54) is 4.31 Å².